The molecule has 0 radical (unpaired) electrons. The van der Waals surface area contributed by atoms with Crippen LogP contribution in [0, 0.1) is 23.5 Å². The van der Waals surface area contributed by atoms with E-state index < -0.39 is 35.4 Å². The van der Waals surface area contributed by atoms with Crippen molar-refractivity contribution in [2.75, 3.05) is 13.1 Å². The van der Waals surface area contributed by atoms with Crippen molar-refractivity contribution >= 4 is 11.9 Å². The van der Waals surface area contributed by atoms with Crippen molar-refractivity contribution in [1.29, 1.82) is 0 Å². The second-order valence-electron chi connectivity index (χ2n) is 5.69. The van der Waals surface area contributed by atoms with E-state index in [-0.39, 0.29) is 18.0 Å². The number of benzene rings is 1. The number of carboxylic acid groups (broad SMARTS) is 1. The lowest BCUT2D eigenvalue weighted by Gasteiger charge is -2.16. The van der Waals surface area contributed by atoms with Crippen LogP contribution in [0.1, 0.15) is 24.3 Å². The van der Waals surface area contributed by atoms with E-state index in [1.165, 1.54) is 23.1 Å². The van der Waals surface area contributed by atoms with Gasteiger partial charge in [-0.3, -0.25) is 9.59 Å². The summed E-state index contributed by atoms with van der Waals surface area (Å²) in [7, 11) is 0. The molecule has 0 spiro atoms. The molecule has 1 saturated heterocycles. The molecule has 1 aliphatic carbocycles. The zero-order valence-electron chi connectivity index (χ0n) is 11.3. The molecule has 2 fully saturated rings. The Morgan fingerprint density at radius 2 is 1.90 bits per heavy atom. The molecule has 3 unspecified atom stereocenters. The van der Waals surface area contributed by atoms with Gasteiger partial charge in [0.1, 0.15) is 11.6 Å². The number of likely N-dealkylation sites (tertiary alicyclic amines) is 1. The zero-order chi connectivity index (χ0) is 15.1. The van der Waals surface area contributed by atoms with E-state index in [4.69, 9.17) is 5.11 Å². The minimum atomic E-state index is -0.905. The van der Waals surface area contributed by atoms with Crippen molar-refractivity contribution in [3.63, 3.8) is 0 Å². The van der Waals surface area contributed by atoms with Crippen molar-refractivity contribution in [3.05, 3.63) is 35.4 Å². The molecule has 6 heteroatoms. The highest BCUT2D eigenvalue weighted by Gasteiger charge is 2.49. The summed E-state index contributed by atoms with van der Waals surface area (Å²) in [5.41, 5.74) is -0.0233. The number of halogens is 2. The van der Waals surface area contributed by atoms with Gasteiger partial charge in [-0.25, -0.2) is 8.78 Å². The van der Waals surface area contributed by atoms with Gasteiger partial charge in [-0.1, -0.05) is 6.07 Å². The smallest absolute Gasteiger partial charge is 0.308 e. The van der Waals surface area contributed by atoms with Crippen molar-refractivity contribution < 1.29 is 23.5 Å². The van der Waals surface area contributed by atoms with E-state index in [2.05, 4.69) is 0 Å². The highest BCUT2D eigenvalue weighted by Crippen LogP contribution is 2.50. The SMILES string of the molecule is O=C(O)C1CCN(C(=O)C2CC2c2c(F)cccc2F)C1. The average Bonchev–Trinajstić information content (AvgIpc) is 3.03. The van der Waals surface area contributed by atoms with Crippen molar-refractivity contribution in [3.8, 4) is 0 Å². The topological polar surface area (TPSA) is 57.6 Å². The van der Waals surface area contributed by atoms with E-state index in [9.17, 15) is 18.4 Å². The fourth-order valence-electron chi connectivity index (χ4n) is 3.05. The fourth-order valence-corrected chi connectivity index (χ4v) is 3.05. The molecule has 1 N–H and O–H groups in total. The maximum absolute atomic E-state index is 13.7. The predicted octanol–water partition coefficient (Wildman–Crippen LogP) is 2.00. The monoisotopic (exact) mass is 295 g/mol. The predicted molar refractivity (Wildman–Crippen MR) is 69.5 cm³/mol. The Labute approximate surface area is 120 Å². The standard InChI is InChI=1S/C15H15F2NO3/c16-11-2-1-3-12(17)13(11)9-6-10(9)14(19)18-5-4-8(7-18)15(20)21/h1-3,8-10H,4-7H2,(H,20,21). The molecule has 2 aliphatic rings. The molecule has 0 bridgehead atoms. The summed E-state index contributed by atoms with van der Waals surface area (Å²) >= 11 is 0. The third kappa shape index (κ3) is 2.50. The van der Waals surface area contributed by atoms with Crippen LogP contribution >= 0.6 is 0 Å². The van der Waals surface area contributed by atoms with E-state index in [0.717, 1.165) is 0 Å². The minimum Gasteiger partial charge on any atom is -0.481 e. The van der Waals surface area contributed by atoms with E-state index in [1.807, 2.05) is 0 Å². The van der Waals surface area contributed by atoms with Crippen LogP contribution in [0.3, 0.4) is 0 Å². The summed E-state index contributed by atoms with van der Waals surface area (Å²) in [4.78, 5) is 24.7. The van der Waals surface area contributed by atoms with Gasteiger partial charge in [0.15, 0.2) is 0 Å². The highest BCUT2D eigenvalue weighted by molar-refractivity contribution is 5.84. The maximum Gasteiger partial charge on any atom is 0.308 e. The Balaban J connectivity index is 1.68. The largest absolute Gasteiger partial charge is 0.481 e. The summed E-state index contributed by atoms with van der Waals surface area (Å²) in [6.07, 6.45) is 0.859. The second-order valence-corrected chi connectivity index (χ2v) is 5.69. The second kappa shape index (κ2) is 5.09. The fraction of sp³-hybridized carbons (Fsp3) is 0.467. The van der Waals surface area contributed by atoms with Crippen LogP contribution in [0.4, 0.5) is 8.78 Å². The molecule has 0 aromatic heterocycles. The normalized spacial score (nSPS) is 27.7. The van der Waals surface area contributed by atoms with E-state index in [1.54, 1.807) is 0 Å². The Morgan fingerprint density at radius 1 is 1.24 bits per heavy atom. The first-order valence-electron chi connectivity index (χ1n) is 6.94. The minimum absolute atomic E-state index is 0.0233. The Kier molecular flexibility index (Phi) is 3.39. The molecular formula is C15H15F2NO3. The van der Waals surface area contributed by atoms with Gasteiger partial charge in [-0.15, -0.1) is 0 Å². The first-order valence-corrected chi connectivity index (χ1v) is 6.94. The molecule has 3 atom stereocenters. The van der Waals surface area contributed by atoms with Crippen molar-refractivity contribution in [2.24, 2.45) is 11.8 Å². The molecule has 1 aromatic carbocycles. The lowest BCUT2D eigenvalue weighted by molar-refractivity contribution is -0.141. The number of carboxylic acids is 1. The van der Waals surface area contributed by atoms with E-state index >= 15 is 0 Å². The summed E-state index contributed by atoms with van der Waals surface area (Å²) < 4.78 is 27.4. The zero-order valence-corrected chi connectivity index (χ0v) is 11.3. The number of hydrogen-bond donors (Lipinski definition) is 1. The molecular weight excluding hydrogens is 280 g/mol. The lowest BCUT2D eigenvalue weighted by atomic mass is 10.1. The lowest BCUT2D eigenvalue weighted by Crippen LogP contribution is -2.31. The van der Waals surface area contributed by atoms with Gasteiger partial charge in [-0.2, -0.15) is 0 Å². The Hall–Kier alpha value is -1.98. The first kappa shape index (κ1) is 14.0. The van der Waals surface area contributed by atoms with E-state index in [0.29, 0.717) is 19.4 Å². The number of carbonyl (C=O) groups excluding carboxylic acids is 1. The number of nitrogens with zero attached hydrogens (tertiary/aromatic N) is 1. The van der Waals surface area contributed by atoms with Gasteiger partial charge in [0.2, 0.25) is 5.91 Å². The van der Waals surface area contributed by atoms with Crippen LogP contribution in [0.2, 0.25) is 0 Å². The average molecular weight is 295 g/mol. The van der Waals surface area contributed by atoms with Gasteiger partial charge in [0, 0.05) is 30.5 Å². The Bertz CT molecular complexity index is 584. The molecule has 1 aliphatic heterocycles. The van der Waals surface area contributed by atoms with Crippen molar-refractivity contribution in [1.82, 2.24) is 4.90 Å². The molecule has 21 heavy (non-hydrogen) atoms. The molecule has 112 valence electrons. The molecule has 4 nitrogen and oxygen atoms in total. The quantitative estimate of drug-likeness (QED) is 0.928. The number of hydrogen-bond acceptors (Lipinski definition) is 2. The highest BCUT2D eigenvalue weighted by atomic mass is 19.1. The maximum atomic E-state index is 13.7. The van der Waals surface area contributed by atoms with Gasteiger partial charge in [0.25, 0.3) is 0 Å². The van der Waals surface area contributed by atoms with Crippen LogP contribution in [-0.4, -0.2) is 35.0 Å². The summed E-state index contributed by atoms with van der Waals surface area (Å²) in [5.74, 6) is -3.73. The number of carbonyl (C=O) groups is 2. The summed E-state index contributed by atoms with van der Waals surface area (Å²) in [6, 6.07) is 3.68. The van der Waals surface area contributed by atoms with Gasteiger partial charge in [-0.05, 0) is 25.0 Å². The molecule has 1 amide bonds. The third-order valence-electron chi connectivity index (χ3n) is 4.33. The number of amides is 1. The van der Waals surface area contributed by atoms with Crippen LogP contribution in [0.15, 0.2) is 18.2 Å². The van der Waals surface area contributed by atoms with Gasteiger partial charge in [0.05, 0.1) is 5.92 Å². The summed E-state index contributed by atoms with van der Waals surface area (Å²) in [5, 5.41) is 8.93. The molecule has 1 aromatic rings. The van der Waals surface area contributed by atoms with Crippen LogP contribution in [0.25, 0.3) is 0 Å². The molecule has 3 rings (SSSR count). The van der Waals surface area contributed by atoms with Gasteiger partial charge >= 0.3 is 5.97 Å². The van der Waals surface area contributed by atoms with Crippen LogP contribution < -0.4 is 0 Å². The van der Waals surface area contributed by atoms with Crippen molar-refractivity contribution in [2.45, 2.75) is 18.8 Å². The van der Waals surface area contributed by atoms with Gasteiger partial charge < -0.3 is 10.0 Å². The number of aliphatic carboxylic acids is 1. The number of rotatable bonds is 3. The molecule has 1 heterocycles. The summed E-state index contributed by atoms with van der Waals surface area (Å²) in [6.45, 7) is 0.593. The first-order chi connectivity index (χ1) is 9.99. The van der Waals surface area contributed by atoms with Crippen LogP contribution in [-0.2, 0) is 9.59 Å². The van der Waals surface area contributed by atoms with Crippen LogP contribution in [0.5, 0.6) is 0 Å². The molecule has 1 saturated carbocycles. The Morgan fingerprint density at radius 3 is 2.48 bits per heavy atom. The third-order valence-corrected chi connectivity index (χ3v) is 4.33.